The summed E-state index contributed by atoms with van der Waals surface area (Å²) in [6, 6.07) is 7.19. The third-order valence-corrected chi connectivity index (χ3v) is 2.79. The van der Waals surface area contributed by atoms with Crippen molar-refractivity contribution in [1.82, 2.24) is 4.98 Å². The van der Waals surface area contributed by atoms with Gasteiger partial charge in [0, 0.05) is 12.3 Å². The van der Waals surface area contributed by atoms with Crippen molar-refractivity contribution in [3.8, 4) is 11.6 Å². The highest BCUT2D eigenvalue weighted by atomic mass is 19.1. The first-order valence-corrected chi connectivity index (χ1v) is 6.97. The smallest absolute Gasteiger partial charge is 0.261 e. The summed E-state index contributed by atoms with van der Waals surface area (Å²) in [5.41, 5.74) is 0.690. The molecule has 1 amide bonds. The summed E-state index contributed by atoms with van der Waals surface area (Å²) in [6.45, 7) is 4.36. The van der Waals surface area contributed by atoms with Gasteiger partial charge in [0.05, 0.1) is 18.9 Å². The molecule has 0 unspecified atom stereocenters. The van der Waals surface area contributed by atoms with Crippen LogP contribution in [-0.4, -0.2) is 24.1 Å². The number of nitrogens with zero attached hydrogens (tertiary/aromatic N) is 1. The number of amides is 1. The van der Waals surface area contributed by atoms with Gasteiger partial charge in [-0.15, -0.1) is 0 Å². The summed E-state index contributed by atoms with van der Waals surface area (Å²) in [5.74, 6) is -0.304. The van der Waals surface area contributed by atoms with Gasteiger partial charge in [0.15, 0.2) is 0 Å². The van der Waals surface area contributed by atoms with Crippen LogP contribution in [0.1, 0.15) is 24.2 Å². The lowest BCUT2D eigenvalue weighted by atomic mass is 10.2. The van der Waals surface area contributed by atoms with Crippen LogP contribution in [0.2, 0.25) is 0 Å². The molecule has 0 aliphatic rings. The number of hydrogen-bond acceptors (Lipinski definition) is 4. The number of benzene rings is 1. The molecule has 0 atom stereocenters. The average Bonchev–Trinajstić information content (AvgIpc) is 2.51. The van der Waals surface area contributed by atoms with E-state index < -0.39 is 11.7 Å². The van der Waals surface area contributed by atoms with Crippen LogP contribution in [0.5, 0.6) is 11.6 Å². The van der Waals surface area contributed by atoms with Crippen LogP contribution in [0.25, 0.3) is 0 Å². The molecule has 0 spiro atoms. The van der Waals surface area contributed by atoms with Crippen molar-refractivity contribution in [2.24, 2.45) is 0 Å². The zero-order chi connectivity index (χ0) is 15.9. The monoisotopic (exact) mass is 304 g/mol. The van der Waals surface area contributed by atoms with Gasteiger partial charge in [0.1, 0.15) is 17.1 Å². The van der Waals surface area contributed by atoms with E-state index >= 15 is 0 Å². The molecule has 0 radical (unpaired) electrons. The first-order valence-electron chi connectivity index (χ1n) is 6.97. The Labute approximate surface area is 128 Å². The average molecular weight is 304 g/mol. The molecule has 6 heteroatoms. The van der Waals surface area contributed by atoms with Crippen molar-refractivity contribution in [3.63, 3.8) is 0 Å². The van der Waals surface area contributed by atoms with Crippen LogP contribution in [0.3, 0.4) is 0 Å². The van der Waals surface area contributed by atoms with Crippen LogP contribution in [0, 0.1) is 5.82 Å². The van der Waals surface area contributed by atoms with Crippen LogP contribution in [0.15, 0.2) is 36.5 Å². The molecule has 22 heavy (non-hydrogen) atoms. The summed E-state index contributed by atoms with van der Waals surface area (Å²) in [7, 11) is 0. The SMILES string of the molecule is CCOc1cc(F)ccc1NC(=O)c1cccnc1OCC. The zero-order valence-electron chi connectivity index (χ0n) is 12.4. The molecular weight excluding hydrogens is 287 g/mol. The van der Waals surface area contributed by atoms with Crippen molar-refractivity contribution >= 4 is 11.6 Å². The minimum atomic E-state index is -0.433. The molecule has 0 saturated heterocycles. The van der Waals surface area contributed by atoms with Crippen LogP contribution < -0.4 is 14.8 Å². The molecule has 0 aliphatic heterocycles. The zero-order valence-corrected chi connectivity index (χ0v) is 12.4. The Balaban J connectivity index is 2.26. The molecule has 1 N–H and O–H groups in total. The number of halogens is 1. The van der Waals surface area contributed by atoms with Gasteiger partial charge in [-0.2, -0.15) is 0 Å². The van der Waals surface area contributed by atoms with Crippen LogP contribution in [-0.2, 0) is 0 Å². The van der Waals surface area contributed by atoms with E-state index in [2.05, 4.69) is 10.3 Å². The Morgan fingerprint density at radius 3 is 2.73 bits per heavy atom. The van der Waals surface area contributed by atoms with Crippen LogP contribution in [0.4, 0.5) is 10.1 Å². The van der Waals surface area contributed by atoms with Gasteiger partial charge >= 0.3 is 0 Å². The molecular formula is C16H17FN2O3. The predicted octanol–water partition coefficient (Wildman–Crippen LogP) is 3.27. The molecule has 5 nitrogen and oxygen atoms in total. The van der Waals surface area contributed by atoms with Crippen molar-refractivity contribution < 1.29 is 18.7 Å². The number of pyridine rings is 1. The molecule has 116 valence electrons. The highest BCUT2D eigenvalue weighted by molar-refractivity contribution is 6.06. The van der Waals surface area contributed by atoms with Crippen molar-refractivity contribution in [1.29, 1.82) is 0 Å². The number of nitrogens with one attached hydrogen (secondary N) is 1. The third kappa shape index (κ3) is 3.72. The Kier molecular flexibility index (Phi) is 5.30. The number of carbonyl (C=O) groups is 1. The highest BCUT2D eigenvalue weighted by Crippen LogP contribution is 2.27. The Bertz CT molecular complexity index is 662. The van der Waals surface area contributed by atoms with E-state index in [0.29, 0.717) is 24.5 Å². The van der Waals surface area contributed by atoms with Gasteiger partial charge in [-0.25, -0.2) is 9.37 Å². The van der Waals surface area contributed by atoms with Crippen molar-refractivity contribution in [2.75, 3.05) is 18.5 Å². The lowest BCUT2D eigenvalue weighted by Crippen LogP contribution is -2.15. The number of ether oxygens (including phenoxy) is 2. The Hall–Kier alpha value is -2.63. The molecule has 2 rings (SSSR count). The van der Waals surface area contributed by atoms with Gasteiger partial charge in [-0.05, 0) is 38.1 Å². The van der Waals surface area contributed by atoms with Crippen LogP contribution >= 0.6 is 0 Å². The number of aromatic nitrogens is 1. The maximum Gasteiger partial charge on any atom is 0.261 e. The third-order valence-electron chi connectivity index (χ3n) is 2.79. The van der Waals surface area contributed by atoms with Gasteiger partial charge in [-0.1, -0.05) is 0 Å². The fourth-order valence-corrected chi connectivity index (χ4v) is 1.88. The summed E-state index contributed by atoms with van der Waals surface area (Å²) in [6.07, 6.45) is 1.55. The van der Waals surface area contributed by atoms with Gasteiger partial charge in [0.25, 0.3) is 5.91 Å². The molecule has 1 heterocycles. The predicted molar refractivity (Wildman–Crippen MR) is 80.9 cm³/mol. The quantitative estimate of drug-likeness (QED) is 0.889. The summed E-state index contributed by atoms with van der Waals surface area (Å²) in [5, 5.41) is 2.69. The van der Waals surface area contributed by atoms with Gasteiger partial charge < -0.3 is 14.8 Å². The second-order valence-corrected chi connectivity index (χ2v) is 4.32. The molecule has 1 aromatic carbocycles. The van der Waals surface area contributed by atoms with Gasteiger partial charge in [0.2, 0.25) is 5.88 Å². The first kappa shape index (κ1) is 15.8. The molecule has 0 bridgehead atoms. The molecule has 1 aromatic heterocycles. The number of hydrogen-bond donors (Lipinski definition) is 1. The van der Waals surface area contributed by atoms with E-state index in [1.54, 1.807) is 25.3 Å². The fraction of sp³-hybridized carbons (Fsp3) is 0.250. The minimum absolute atomic E-state index is 0.252. The molecule has 0 fully saturated rings. The number of carbonyl (C=O) groups excluding carboxylic acids is 1. The summed E-state index contributed by atoms with van der Waals surface area (Å²) in [4.78, 5) is 16.4. The fourth-order valence-electron chi connectivity index (χ4n) is 1.88. The second-order valence-electron chi connectivity index (χ2n) is 4.32. The van der Waals surface area contributed by atoms with Crippen molar-refractivity contribution in [2.45, 2.75) is 13.8 Å². The van der Waals surface area contributed by atoms with E-state index in [1.165, 1.54) is 18.2 Å². The lowest BCUT2D eigenvalue weighted by Gasteiger charge is -2.13. The van der Waals surface area contributed by atoms with Crippen molar-refractivity contribution in [3.05, 3.63) is 47.9 Å². The second kappa shape index (κ2) is 7.40. The first-order chi connectivity index (χ1) is 10.7. The maximum absolute atomic E-state index is 13.3. The summed E-state index contributed by atoms with van der Waals surface area (Å²) < 4.78 is 23.9. The van der Waals surface area contributed by atoms with E-state index in [9.17, 15) is 9.18 Å². The topological polar surface area (TPSA) is 60.5 Å². The van der Waals surface area contributed by atoms with E-state index in [4.69, 9.17) is 9.47 Å². The van der Waals surface area contributed by atoms with E-state index in [-0.39, 0.29) is 11.6 Å². The number of anilines is 1. The van der Waals surface area contributed by atoms with Gasteiger partial charge in [-0.3, -0.25) is 4.79 Å². The number of rotatable bonds is 6. The highest BCUT2D eigenvalue weighted by Gasteiger charge is 2.15. The molecule has 0 saturated carbocycles. The largest absolute Gasteiger partial charge is 0.492 e. The maximum atomic E-state index is 13.3. The summed E-state index contributed by atoms with van der Waals surface area (Å²) >= 11 is 0. The molecule has 2 aromatic rings. The lowest BCUT2D eigenvalue weighted by molar-refractivity contribution is 0.102. The minimum Gasteiger partial charge on any atom is -0.492 e. The van der Waals surface area contributed by atoms with E-state index in [1.807, 2.05) is 6.92 Å². The normalized spacial score (nSPS) is 10.1. The standard InChI is InChI=1S/C16H17FN2O3/c1-3-21-14-10-11(17)7-8-13(14)19-15(20)12-6-5-9-18-16(12)22-4-2/h5-10H,3-4H2,1-2H3,(H,19,20). The van der Waals surface area contributed by atoms with E-state index in [0.717, 1.165) is 0 Å². The Morgan fingerprint density at radius 1 is 1.23 bits per heavy atom. The Morgan fingerprint density at radius 2 is 2.00 bits per heavy atom. The molecule has 0 aliphatic carbocycles.